The molecule has 0 bridgehead atoms. The van der Waals surface area contributed by atoms with Crippen LogP contribution in [0.3, 0.4) is 0 Å². The third kappa shape index (κ3) is 5.03. The molecule has 0 unspecified atom stereocenters. The van der Waals surface area contributed by atoms with E-state index < -0.39 is 17.6 Å². The van der Waals surface area contributed by atoms with Crippen molar-refractivity contribution in [2.45, 2.75) is 51.3 Å². The third-order valence-electron chi connectivity index (χ3n) is 3.47. The summed E-state index contributed by atoms with van der Waals surface area (Å²) >= 11 is 6.12. The largest absolute Gasteiger partial charge is 0.444 e. The average Bonchev–Trinajstić information content (AvgIpc) is 2.35. The molecule has 2 rings (SSSR count). The lowest BCUT2D eigenvalue weighted by Gasteiger charge is -2.37. The van der Waals surface area contributed by atoms with E-state index in [0.29, 0.717) is 16.3 Å². The van der Waals surface area contributed by atoms with Gasteiger partial charge in [-0.25, -0.2) is 4.79 Å². The van der Waals surface area contributed by atoms with Crippen LogP contribution in [0.5, 0.6) is 0 Å². The minimum absolute atomic E-state index is 0.0699. The van der Waals surface area contributed by atoms with Crippen LogP contribution < -0.4 is 16.4 Å². The van der Waals surface area contributed by atoms with Crippen LogP contribution in [-0.4, -0.2) is 29.7 Å². The van der Waals surface area contributed by atoms with Gasteiger partial charge in [-0.1, -0.05) is 11.6 Å². The molecule has 1 aromatic rings. The van der Waals surface area contributed by atoms with E-state index in [0.717, 1.165) is 12.8 Å². The molecule has 4 N–H and O–H groups in total. The van der Waals surface area contributed by atoms with Crippen LogP contribution in [0.1, 0.15) is 44.0 Å². The van der Waals surface area contributed by atoms with Crippen molar-refractivity contribution in [3.8, 4) is 0 Å². The third-order valence-corrected chi connectivity index (χ3v) is 3.80. The number of hydrogen-bond donors (Lipinski definition) is 3. The lowest BCUT2D eigenvalue weighted by atomic mass is 9.86. The molecule has 0 atom stereocenters. The zero-order valence-electron chi connectivity index (χ0n) is 13.5. The number of hydrogen-bond acceptors (Lipinski definition) is 4. The van der Waals surface area contributed by atoms with Gasteiger partial charge in [0.2, 0.25) is 5.91 Å². The van der Waals surface area contributed by atoms with E-state index in [2.05, 4.69) is 10.6 Å². The van der Waals surface area contributed by atoms with Gasteiger partial charge < -0.3 is 21.1 Å². The molecule has 0 aromatic heterocycles. The fourth-order valence-corrected chi connectivity index (χ4v) is 2.51. The lowest BCUT2D eigenvalue weighted by Crippen LogP contribution is -2.50. The number of halogens is 1. The Morgan fingerprint density at radius 1 is 1.26 bits per heavy atom. The fourth-order valence-electron chi connectivity index (χ4n) is 2.34. The summed E-state index contributed by atoms with van der Waals surface area (Å²) in [7, 11) is 0. The summed E-state index contributed by atoms with van der Waals surface area (Å²) in [5.41, 5.74) is 5.83. The maximum atomic E-state index is 11.7. The number of alkyl carbamates (subject to hydrolysis) is 1. The molecule has 1 aromatic carbocycles. The number of rotatable bonds is 4. The Morgan fingerprint density at radius 2 is 1.91 bits per heavy atom. The van der Waals surface area contributed by atoms with Crippen LogP contribution >= 0.6 is 11.6 Å². The van der Waals surface area contributed by atoms with Gasteiger partial charge in [-0.2, -0.15) is 0 Å². The smallest absolute Gasteiger partial charge is 0.407 e. The second kappa shape index (κ2) is 6.66. The molecular weight excluding hydrogens is 318 g/mol. The summed E-state index contributed by atoms with van der Waals surface area (Å²) in [4.78, 5) is 22.9. The molecule has 0 spiro atoms. The van der Waals surface area contributed by atoms with Gasteiger partial charge in [0.15, 0.2) is 0 Å². The highest BCUT2D eigenvalue weighted by atomic mass is 35.5. The minimum Gasteiger partial charge on any atom is -0.444 e. The van der Waals surface area contributed by atoms with Gasteiger partial charge in [-0.05, 0) is 51.8 Å². The number of benzene rings is 1. The number of anilines is 1. The first kappa shape index (κ1) is 17.4. The Labute approximate surface area is 140 Å². The average molecular weight is 340 g/mol. The fraction of sp³-hybridized carbons (Fsp3) is 0.500. The van der Waals surface area contributed by atoms with Crippen LogP contribution in [-0.2, 0) is 4.74 Å². The number of carbonyl (C=O) groups is 2. The number of nitrogens with two attached hydrogens (primary N) is 1. The van der Waals surface area contributed by atoms with Crippen molar-refractivity contribution in [1.82, 2.24) is 5.32 Å². The predicted octanol–water partition coefficient (Wildman–Crippen LogP) is 2.91. The standard InChI is InChI=1S/C16H22ClN3O3/c1-16(2,3)23-15(22)20-11-7-10(8-11)19-13-6-9(14(18)21)4-5-12(13)17/h4-6,10-11,19H,7-8H2,1-3H3,(H2,18,21)(H,20,22). The van der Waals surface area contributed by atoms with Gasteiger partial charge in [0, 0.05) is 17.6 Å². The highest BCUT2D eigenvalue weighted by Crippen LogP contribution is 2.29. The highest BCUT2D eigenvalue weighted by molar-refractivity contribution is 6.33. The highest BCUT2D eigenvalue weighted by Gasteiger charge is 2.32. The maximum Gasteiger partial charge on any atom is 0.407 e. The Morgan fingerprint density at radius 3 is 2.48 bits per heavy atom. The first-order valence-electron chi connectivity index (χ1n) is 7.49. The number of primary amides is 1. The van der Waals surface area contributed by atoms with E-state index in [9.17, 15) is 9.59 Å². The van der Waals surface area contributed by atoms with Gasteiger partial charge in [-0.15, -0.1) is 0 Å². The number of ether oxygens (including phenoxy) is 1. The molecule has 1 aliphatic rings. The summed E-state index contributed by atoms with van der Waals surface area (Å²) in [6.45, 7) is 5.47. The Kier molecular flexibility index (Phi) is 5.04. The molecule has 1 saturated carbocycles. The Bertz CT molecular complexity index is 607. The zero-order valence-corrected chi connectivity index (χ0v) is 14.2. The summed E-state index contributed by atoms with van der Waals surface area (Å²) in [6.07, 6.45) is 1.11. The molecule has 7 heteroatoms. The molecule has 6 nitrogen and oxygen atoms in total. The second-order valence-electron chi connectivity index (χ2n) is 6.71. The molecule has 0 heterocycles. The normalized spacial score (nSPS) is 20.3. The molecule has 23 heavy (non-hydrogen) atoms. The van der Waals surface area contributed by atoms with E-state index in [-0.39, 0.29) is 12.1 Å². The monoisotopic (exact) mass is 339 g/mol. The Balaban J connectivity index is 1.83. The van der Waals surface area contributed by atoms with Crippen LogP contribution in [0, 0.1) is 0 Å². The lowest BCUT2D eigenvalue weighted by molar-refractivity contribution is 0.0475. The van der Waals surface area contributed by atoms with E-state index >= 15 is 0 Å². The van der Waals surface area contributed by atoms with Crippen molar-refractivity contribution < 1.29 is 14.3 Å². The summed E-state index contributed by atoms with van der Waals surface area (Å²) in [5.74, 6) is -0.497. The quantitative estimate of drug-likeness (QED) is 0.786. The van der Waals surface area contributed by atoms with Gasteiger partial charge in [-0.3, -0.25) is 4.79 Å². The molecule has 1 aliphatic carbocycles. The van der Waals surface area contributed by atoms with E-state index in [1.54, 1.807) is 18.2 Å². The number of carbonyl (C=O) groups excluding carboxylic acids is 2. The van der Waals surface area contributed by atoms with Gasteiger partial charge in [0.25, 0.3) is 0 Å². The summed E-state index contributed by atoms with van der Waals surface area (Å²) < 4.78 is 5.22. The van der Waals surface area contributed by atoms with E-state index in [4.69, 9.17) is 22.1 Å². The van der Waals surface area contributed by atoms with Crippen molar-refractivity contribution in [2.24, 2.45) is 5.73 Å². The van der Waals surface area contributed by atoms with Crippen molar-refractivity contribution in [2.75, 3.05) is 5.32 Å². The van der Waals surface area contributed by atoms with Crippen molar-refractivity contribution >= 4 is 29.3 Å². The zero-order chi connectivity index (χ0) is 17.2. The van der Waals surface area contributed by atoms with Crippen LogP contribution in [0.25, 0.3) is 0 Å². The molecule has 2 amide bonds. The second-order valence-corrected chi connectivity index (χ2v) is 7.12. The SMILES string of the molecule is CC(C)(C)OC(=O)NC1CC(Nc2cc(C(N)=O)ccc2Cl)C1. The van der Waals surface area contributed by atoms with Gasteiger partial charge >= 0.3 is 6.09 Å². The molecule has 0 radical (unpaired) electrons. The van der Waals surface area contributed by atoms with Crippen molar-refractivity contribution in [3.63, 3.8) is 0 Å². The maximum absolute atomic E-state index is 11.7. The Hall–Kier alpha value is -1.95. The first-order chi connectivity index (χ1) is 10.6. The first-order valence-corrected chi connectivity index (χ1v) is 7.87. The molecule has 0 saturated heterocycles. The number of nitrogens with one attached hydrogen (secondary N) is 2. The topological polar surface area (TPSA) is 93.4 Å². The molecule has 0 aliphatic heterocycles. The van der Waals surface area contributed by atoms with Crippen LogP contribution in [0.4, 0.5) is 10.5 Å². The molecule has 126 valence electrons. The van der Waals surface area contributed by atoms with E-state index in [1.807, 2.05) is 20.8 Å². The van der Waals surface area contributed by atoms with Crippen LogP contribution in [0.2, 0.25) is 5.02 Å². The van der Waals surface area contributed by atoms with E-state index in [1.165, 1.54) is 0 Å². The number of amides is 2. The van der Waals surface area contributed by atoms with Gasteiger partial charge in [0.1, 0.15) is 5.60 Å². The summed E-state index contributed by atoms with van der Waals surface area (Å²) in [6, 6.07) is 5.11. The van der Waals surface area contributed by atoms with Crippen LogP contribution in [0.15, 0.2) is 18.2 Å². The van der Waals surface area contributed by atoms with Gasteiger partial charge in [0.05, 0.1) is 10.7 Å². The van der Waals surface area contributed by atoms with Crippen molar-refractivity contribution in [1.29, 1.82) is 0 Å². The molecule has 1 fully saturated rings. The minimum atomic E-state index is -0.506. The predicted molar refractivity (Wildman–Crippen MR) is 89.8 cm³/mol. The van der Waals surface area contributed by atoms with Crippen molar-refractivity contribution in [3.05, 3.63) is 28.8 Å². The summed E-state index contributed by atoms with van der Waals surface area (Å²) in [5, 5.41) is 6.61. The molecular formula is C16H22ClN3O3.